The van der Waals surface area contributed by atoms with E-state index in [1.165, 1.54) is 7.11 Å². The molecule has 1 aromatic carbocycles. The molecule has 1 fully saturated rings. The van der Waals surface area contributed by atoms with Gasteiger partial charge in [0.1, 0.15) is 11.3 Å². The molecule has 0 atom stereocenters. The number of amides is 1. The number of carbonyl (C=O) groups excluding carboxylic acids is 3. The number of piperidine rings is 1. The highest BCUT2D eigenvalue weighted by molar-refractivity contribution is 5.98. The van der Waals surface area contributed by atoms with Gasteiger partial charge in [-0.05, 0) is 77.5 Å². The van der Waals surface area contributed by atoms with Crippen LogP contribution in [0.1, 0.15) is 96.7 Å². The van der Waals surface area contributed by atoms with Gasteiger partial charge in [-0.2, -0.15) is 5.10 Å². The van der Waals surface area contributed by atoms with Crippen molar-refractivity contribution < 1.29 is 23.9 Å². The maximum Gasteiger partial charge on any atom is 0.338 e. The number of fused-ring (bicyclic) bond motifs is 1. The van der Waals surface area contributed by atoms with Gasteiger partial charge in [0, 0.05) is 48.3 Å². The third kappa shape index (κ3) is 5.89. The predicted octanol–water partition coefficient (Wildman–Crippen LogP) is 5.54. The van der Waals surface area contributed by atoms with Gasteiger partial charge in [-0.15, -0.1) is 0 Å². The number of ether oxygens (including phenoxy) is 2. The minimum absolute atomic E-state index is 0.111. The molecule has 1 aliphatic heterocycles. The molecule has 9 nitrogen and oxygen atoms in total. The zero-order valence-corrected chi connectivity index (χ0v) is 24.7. The van der Waals surface area contributed by atoms with Crippen molar-refractivity contribution in [3.8, 4) is 17.1 Å². The lowest BCUT2D eigenvalue weighted by Gasteiger charge is -2.43. The molecule has 0 unspecified atom stereocenters. The SMILES string of the molecule is COc1cc(C(=O)N2CCC3(CC2)CC(=O)c2c(cnn2C(C)C)C3)cc(-c2cccc(C(=O)OC(C)(C)C)c2)n1. The maximum absolute atomic E-state index is 13.7. The fourth-order valence-electron chi connectivity index (χ4n) is 5.86. The lowest BCUT2D eigenvalue weighted by atomic mass is 9.67. The van der Waals surface area contributed by atoms with E-state index in [2.05, 4.69) is 10.1 Å². The summed E-state index contributed by atoms with van der Waals surface area (Å²) in [5, 5.41) is 4.48. The van der Waals surface area contributed by atoms with E-state index in [9.17, 15) is 14.4 Å². The van der Waals surface area contributed by atoms with E-state index in [0.717, 1.165) is 30.5 Å². The molecule has 2 aliphatic rings. The molecule has 5 rings (SSSR count). The molecule has 216 valence electrons. The molecule has 9 heteroatoms. The highest BCUT2D eigenvalue weighted by atomic mass is 16.6. The number of hydrogen-bond donors (Lipinski definition) is 0. The second-order valence-electron chi connectivity index (χ2n) is 12.5. The number of esters is 1. The van der Waals surface area contributed by atoms with Crippen LogP contribution in [0.5, 0.6) is 5.88 Å². The summed E-state index contributed by atoms with van der Waals surface area (Å²) >= 11 is 0. The Morgan fingerprint density at radius 2 is 1.76 bits per heavy atom. The summed E-state index contributed by atoms with van der Waals surface area (Å²) in [5.41, 5.74) is 3.08. The Bertz CT molecular complexity index is 1490. The van der Waals surface area contributed by atoms with E-state index >= 15 is 0 Å². The molecular weight excluding hydrogens is 520 g/mol. The number of pyridine rings is 1. The first-order valence-corrected chi connectivity index (χ1v) is 14.2. The minimum atomic E-state index is -0.614. The van der Waals surface area contributed by atoms with Crippen LogP contribution in [0.15, 0.2) is 42.6 Å². The van der Waals surface area contributed by atoms with Crippen molar-refractivity contribution in [3.63, 3.8) is 0 Å². The Hall–Kier alpha value is -4.01. The standard InChI is InChI=1S/C32H38N4O5/c1-20(2)36-28-24(19-33-36)17-32(18-26(28)37)10-12-35(13-11-32)29(38)23-15-25(34-27(16-23)40-6)21-8-7-9-22(14-21)30(39)41-31(3,4)5/h7-9,14-16,19-20H,10-13,17-18H2,1-6H3. The average Bonchev–Trinajstić information content (AvgIpc) is 3.36. The number of hydrogen-bond acceptors (Lipinski definition) is 7. The molecule has 0 N–H and O–H groups in total. The summed E-state index contributed by atoms with van der Waals surface area (Å²) in [6.07, 6.45) is 4.65. The van der Waals surface area contributed by atoms with Gasteiger partial charge in [0.25, 0.3) is 5.91 Å². The van der Waals surface area contributed by atoms with Gasteiger partial charge in [-0.3, -0.25) is 14.3 Å². The summed E-state index contributed by atoms with van der Waals surface area (Å²) < 4.78 is 12.8. The van der Waals surface area contributed by atoms with Gasteiger partial charge in [0.15, 0.2) is 5.78 Å². The van der Waals surface area contributed by atoms with E-state index in [0.29, 0.717) is 47.8 Å². The van der Waals surface area contributed by atoms with Crippen LogP contribution in [0.2, 0.25) is 0 Å². The average molecular weight is 559 g/mol. The number of benzene rings is 1. The molecule has 1 saturated heterocycles. The largest absolute Gasteiger partial charge is 0.481 e. The number of nitrogens with zero attached hydrogens (tertiary/aromatic N) is 4. The zero-order valence-electron chi connectivity index (χ0n) is 24.7. The monoisotopic (exact) mass is 558 g/mol. The Kier molecular flexibility index (Phi) is 7.48. The first-order valence-electron chi connectivity index (χ1n) is 14.2. The van der Waals surface area contributed by atoms with Gasteiger partial charge in [0.05, 0.1) is 24.6 Å². The topological polar surface area (TPSA) is 104 Å². The lowest BCUT2D eigenvalue weighted by molar-refractivity contribution is 0.00691. The Balaban J connectivity index is 1.33. The number of methoxy groups -OCH3 is 1. The third-order valence-corrected chi connectivity index (χ3v) is 7.89. The fraction of sp³-hybridized carbons (Fsp3) is 0.469. The molecule has 41 heavy (non-hydrogen) atoms. The van der Waals surface area contributed by atoms with E-state index in [4.69, 9.17) is 9.47 Å². The van der Waals surface area contributed by atoms with Crippen LogP contribution >= 0.6 is 0 Å². The van der Waals surface area contributed by atoms with E-state index < -0.39 is 11.6 Å². The van der Waals surface area contributed by atoms with Crippen LogP contribution in [-0.2, 0) is 11.2 Å². The van der Waals surface area contributed by atoms with Crippen LogP contribution in [0.4, 0.5) is 0 Å². The second-order valence-corrected chi connectivity index (χ2v) is 12.5. The molecule has 3 heterocycles. The second kappa shape index (κ2) is 10.8. The molecule has 1 spiro atoms. The summed E-state index contributed by atoms with van der Waals surface area (Å²) in [4.78, 5) is 45.9. The molecule has 0 bridgehead atoms. The highest BCUT2D eigenvalue weighted by Crippen LogP contribution is 2.44. The van der Waals surface area contributed by atoms with Crippen LogP contribution in [0.25, 0.3) is 11.3 Å². The lowest BCUT2D eigenvalue weighted by Crippen LogP contribution is -2.46. The van der Waals surface area contributed by atoms with Crippen molar-refractivity contribution in [2.75, 3.05) is 20.2 Å². The number of Topliss-reactive ketones (excluding diaryl/α,β-unsaturated/α-hetero) is 1. The first-order chi connectivity index (χ1) is 19.4. The summed E-state index contributed by atoms with van der Waals surface area (Å²) in [7, 11) is 1.51. The predicted molar refractivity (Wildman–Crippen MR) is 154 cm³/mol. The zero-order chi connectivity index (χ0) is 29.5. The quantitative estimate of drug-likeness (QED) is 0.379. The third-order valence-electron chi connectivity index (χ3n) is 7.89. The van der Waals surface area contributed by atoms with Crippen molar-refractivity contribution in [2.24, 2.45) is 5.41 Å². The van der Waals surface area contributed by atoms with Gasteiger partial charge < -0.3 is 14.4 Å². The normalized spacial score (nSPS) is 16.6. The van der Waals surface area contributed by atoms with Crippen molar-refractivity contribution in [1.82, 2.24) is 19.7 Å². The smallest absolute Gasteiger partial charge is 0.338 e. The minimum Gasteiger partial charge on any atom is -0.481 e. The number of aromatic nitrogens is 3. The first kappa shape index (κ1) is 28.5. The van der Waals surface area contributed by atoms with Crippen molar-refractivity contribution in [1.29, 1.82) is 0 Å². The molecule has 0 saturated carbocycles. The van der Waals surface area contributed by atoms with Crippen LogP contribution in [0.3, 0.4) is 0 Å². The summed E-state index contributed by atoms with van der Waals surface area (Å²) in [6.45, 7) is 10.7. The van der Waals surface area contributed by atoms with Crippen molar-refractivity contribution in [2.45, 2.75) is 71.9 Å². The molecule has 2 aromatic heterocycles. The molecule has 3 aromatic rings. The summed E-state index contributed by atoms with van der Waals surface area (Å²) in [6, 6.07) is 10.5. The van der Waals surface area contributed by atoms with Gasteiger partial charge in [-0.25, -0.2) is 9.78 Å². The van der Waals surface area contributed by atoms with Crippen molar-refractivity contribution >= 4 is 17.7 Å². The van der Waals surface area contributed by atoms with Crippen molar-refractivity contribution in [3.05, 3.63) is 65.0 Å². The van der Waals surface area contributed by atoms with E-state index in [1.54, 1.807) is 30.3 Å². The van der Waals surface area contributed by atoms with Gasteiger partial charge >= 0.3 is 5.97 Å². The Labute approximate surface area is 240 Å². The molecule has 1 amide bonds. The number of likely N-dealkylation sites (tertiary alicyclic amines) is 1. The molecule has 1 aliphatic carbocycles. The van der Waals surface area contributed by atoms with Crippen LogP contribution in [0, 0.1) is 5.41 Å². The molecular formula is C32H38N4O5. The maximum atomic E-state index is 13.7. The fourth-order valence-corrected chi connectivity index (χ4v) is 5.86. The summed E-state index contributed by atoms with van der Waals surface area (Å²) in [5.74, 6) is -0.0740. The van der Waals surface area contributed by atoms with Gasteiger partial charge in [0.2, 0.25) is 5.88 Å². The Morgan fingerprint density at radius 3 is 2.41 bits per heavy atom. The van der Waals surface area contributed by atoms with Crippen LogP contribution < -0.4 is 4.74 Å². The number of ketones is 1. The number of rotatable bonds is 5. The van der Waals surface area contributed by atoms with E-state index in [1.807, 2.05) is 56.5 Å². The Morgan fingerprint density at radius 1 is 1.02 bits per heavy atom. The highest BCUT2D eigenvalue weighted by Gasteiger charge is 2.43. The molecule has 0 radical (unpaired) electrons. The number of carbonyl (C=O) groups is 3. The van der Waals surface area contributed by atoms with Gasteiger partial charge in [-0.1, -0.05) is 12.1 Å². The van der Waals surface area contributed by atoms with Crippen LogP contribution in [-0.4, -0.2) is 63.1 Å². The van der Waals surface area contributed by atoms with E-state index in [-0.39, 0.29) is 23.1 Å².